The number of aromatic nitrogens is 3. The molecule has 9 nitrogen and oxygen atoms in total. The summed E-state index contributed by atoms with van der Waals surface area (Å²) in [7, 11) is -3.28. The van der Waals surface area contributed by atoms with Crippen LogP contribution in [0.5, 0.6) is 0 Å². The second kappa shape index (κ2) is 8.04. The highest BCUT2D eigenvalue weighted by atomic mass is 32.2. The number of hydrogen-bond acceptors (Lipinski definition) is 8. The average Bonchev–Trinajstić information content (AvgIpc) is 2.71. The van der Waals surface area contributed by atoms with Crippen LogP contribution in [0.15, 0.2) is 53.9 Å². The second-order valence-electron chi connectivity index (χ2n) is 6.16. The fourth-order valence-electron chi connectivity index (χ4n) is 2.56. The molecule has 3 N–H and O–H groups in total. The quantitative estimate of drug-likeness (QED) is 0.641. The third-order valence-electron chi connectivity index (χ3n) is 4.03. The van der Waals surface area contributed by atoms with E-state index in [0.717, 1.165) is 6.26 Å². The van der Waals surface area contributed by atoms with Crippen molar-refractivity contribution >= 4 is 21.4 Å². The largest absolute Gasteiger partial charge is 0.398 e. The summed E-state index contributed by atoms with van der Waals surface area (Å²) in [5.74, 6) is -0.494. The summed E-state index contributed by atoms with van der Waals surface area (Å²) in [6, 6.07) is 9.49. The average molecular weight is 408 g/mol. The lowest BCUT2D eigenvalue weighted by molar-refractivity contribution is 0.0946. The Hall–Kier alpha value is -3.84. The van der Waals surface area contributed by atoms with Gasteiger partial charge in [0.15, 0.2) is 9.84 Å². The Bertz CT molecular complexity index is 1200. The third kappa shape index (κ3) is 4.53. The van der Waals surface area contributed by atoms with Gasteiger partial charge in [-0.25, -0.2) is 23.4 Å². The van der Waals surface area contributed by atoms with E-state index in [2.05, 4.69) is 20.3 Å². The van der Waals surface area contributed by atoms with Crippen molar-refractivity contribution in [1.29, 1.82) is 5.26 Å². The second-order valence-corrected chi connectivity index (χ2v) is 8.17. The number of carbonyl (C=O) groups is 1. The van der Waals surface area contributed by atoms with E-state index in [1.165, 1.54) is 36.9 Å². The van der Waals surface area contributed by atoms with Crippen LogP contribution in [0.4, 0.5) is 5.69 Å². The fourth-order valence-corrected chi connectivity index (χ4v) is 3.19. The number of nitrogens with one attached hydrogen (secondary N) is 1. The van der Waals surface area contributed by atoms with Crippen molar-refractivity contribution in [3.8, 4) is 17.3 Å². The van der Waals surface area contributed by atoms with Crippen LogP contribution in [0.3, 0.4) is 0 Å². The number of nitrogens with zero attached hydrogens (tertiary/aromatic N) is 4. The number of benzene rings is 1. The summed E-state index contributed by atoms with van der Waals surface area (Å²) in [6.07, 6.45) is 5.41. The van der Waals surface area contributed by atoms with Gasteiger partial charge in [0.25, 0.3) is 5.91 Å². The van der Waals surface area contributed by atoms with Gasteiger partial charge in [0, 0.05) is 30.8 Å². The highest BCUT2D eigenvalue weighted by molar-refractivity contribution is 7.90. The standard InChI is InChI=1S/C19H16N6O3S/c1-29(27,28)14-4-2-12(3-5-14)8-24-19(26)17-6-16(21)15(7-20)18(25-17)13-9-22-11-23-10-13/h2-6,9-11H,8H2,1H3,(H2,21,25)(H,24,26). The Balaban J connectivity index is 1.83. The van der Waals surface area contributed by atoms with E-state index in [1.807, 2.05) is 6.07 Å². The first kappa shape index (κ1) is 19.9. The van der Waals surface area contributed by atoms with Gasteiger partial charge in [-0.3, -0.25) is 4.79 Å². The van der Waals surface area contributed by atoms with Crippen LogP contribution < -0.4 is 11.1 Å². The Kier molecular flexibility index (Phi) is 5.52. The molecule has 0 aliphatic heterocycles. The summed E-state index contributed by atoms with van der Waals surface area (Å²) in [5, 5.41) is 12.1. The molecule has 146 valence electrons. The predicted octanol–water partition coefficient (Wildman–Crippen LogP) is 1.33. The molecule has 0 saturated heterocycles. The lowest BCUT2D eigenvalue weighted by atomic mass is 10.1. The van der Waals surface area contributed by atoms with Gasteiger partial charge >= 0.3 is 0 Å². The Morgan fingerprint density at radius 3 is 2.45 bits per heavy atom. The number of rotatable bonds is 5. The van der Waals surface area contributed by atoms with E-state index in [9.17, 15) is 18.5 Å². The van der Waals surface area contributed by atoms with Crippen LogP contribution in [0.1, 0.15) is 21.6 Å². The van der Waals surface area contributed by atoms with Crippen LogP contribution in [-0.4, -0.2) is 35.5 Å². The minimum Gasteiger partial charge on any atom is -0.398 e. The van der Waals surface area contributed by atoms with Gasteiger partial charge in [0.1, 0.15) is 23.7 Å². The molecule has 0 atom stereocenters. The molecule has 0 saturated carbocycles. The number of carbonyl (C=O) groups excluding carboxylic acids is 1. The summed E-state index contributed by atoms with van der Waals surface area (Å²) in [6.45, 7) is 0.161. The van der Waals surface area contributed by atoms with E-state index in [4.69, 9.17) is 5.73 Å². The summed E-state index contributed by atoms with van der Waals surface area (Å²) in [4.78, 5) is 24.8. The van der Waals surface area contributed by atoms with Crippen molar-refractivity contribution in [1.82, 2.24) is 20.3 Å². The number of hydrogen-bond donors (Lipinski definition) is 2. The van der Waals surface area contributed by atoms with E-state index in [0.29, 0.717) is 11.1 Å². The number of anilines is 1. The minimum absolute atomic E-state index is 0.0353. The zero-order valence-electron chi connectivity index (χ0n) is 15.3. The number of nitrogens with two attached hydrogens (primary N) is 1. The zero-order valence-corrected chi connectivity index (χ0v) is 16.1. The molecule has 0 aliphatic rings. The molecule has 0 spiro atoms. The van der Waals surface area contributed by atoms with Crippen molar-refractivity contribution in [3.05, 3.63) is 65.9 Å². The number of pyridine rings is 1. The van der Waals surface area contributed by atoms with Gasteiger partial charge in [0.05, 0.1) is 16.3 Å². The topological polar surface area (TPSA) is 152 Å². The van der Waals surface area contributed by atoms with Crippen LogP contribution >= 0.6 is 0 Å². The maximum Gasteiger partial charge on any atom is 0.270 e. The molecule has 0 unspecified atom stereocenters. The highest BCUT2D eigenvalue weighted by Crippen LogP contribution is 2.25. The molecule has 1 amide bonds. The molecule has 0 aliphatic carbocycles. The van der Waals surface area contributed by atoms with Gasteiger partial charge in [-0.2, -0.15) is 5.26 Å². The van der Waals surface area contributed by atoms with Gasteiger partial charge in [-0.15, -0.1) is 0 Å². The van der Waals surface area contributed by atoms with Crippen molar-refractivity contribution < 1.29 is 13.2 Å². The monoisotopic (exact) mass is 408 g/mol. The first-order valence-electron chi connectivity index (χ1n) is 8.33. The zero-order chi connectivity index (χ0) is 21.0. The molecular weight excluding hydrogens is 392 g/mol. The maximum absolute atomic E-state index is 12.5. The molecule has 3 rings (SSSR count). The molecule has 2 heterocycles. The molecule has 3 aromatic rings. The molecule has 0 bridgehead atoms. The Morgan fingerprint density at radius 2 is 1.86 bits per heavy atom. The van der Waals surface area contributed by atoms with E-state index < -0.39 is 15.7 Å². The van der Waals surface area contributed by atoms with Crippen molar-refractivity contribution in [3.63, 3.8) is 0 Å². The first-order valence-corrected chi connectivity index (χ1v) is 10.2. The number of sulfone groups is 1. The smallest absolute Gasteiger partial charge is 0.270 e. The number of nitrogen functional groups attached to an aromatic ring is 1. The fraction of sp³-hybridized carbons (Fsp3) is 0.105. The van der Waals surface area contributed by atoms with Gasteiger partial charge < -0.3 is 11.1 Å². The molecule has 2 aromatic heterocycles. The van der Waals surface area contributed by atoms with Gasteiger partial charge in [-0.05, 0) is 23.8 Å². The number of nitriles is 1. The summed E-state index contributed by atoms with van der Waals surface area (Å²) < 4.78 is 23.0. The molecule has 0 radical (unpaired) electrons. The Labute approximate surface area is 167 Å². The molecular formula is C19H16N6O3S. The van der Waals surface area contributed by atoms with Crippen LogP contribution in [0.25, 0.3) is 11.3 Å². The van der Waals surface area contributed by atoms with E-state index in [1.54, 1.807) is 12.1 Å². The van der Waals surface area contributed by atoms with Crippen molar-refractivity contribution in [2.24, 2.45) is 0 Å². The van der Waals surface area contributed by atoms with Crippen molar-refractivity contribution in [2.45, 2.75) is 11.4 Å². The highest BCUT2D eigenvalue weighted by Gasteiger charge is 2.17. The summed E-state index contributed by atoms with van der Waals surface area (Å²) >= 11 is 0. The van der Waals surface area contributed by atoms with Gasteiger partial charge in [0.2, 0.25) is 0 Å². The lowest BCUT2D eigenvalue weighted by Crippen LogP contribution is -2.24. The molecule has 29 heavy (non-hydrogen) atoms. The molecule has 1 aromatic carbocycles. The number of amides is 1. The predicted molar refractivity (Wildman–Crippen MR) is 105 cm³/mol. The van der Waals surface area contributed by atoms with Crippen molar-refractivity contribution in [2.75, 3.05) is 12.0 Å². The van der Waals surface area contributed by atoms with Crippen LogP contribution in [0.2, 0.25) is 0 Å². The van der Waals surface area contributed by atoms with E-state index >= 15 is 0 Å². The lowest BCUT2D eigenvalue weighted by Gasteiger charge is -2.10. The molecule has 10 heteroatoms. The van der Waals surface area contributed by atoms with Crippen LogP contribution in [-0.2, 0) is 16.4 Å². The first-order chi connectivity index (χ1) is 13.8. The normalized spacial score (nSPS) is 10.9. The Morgan fingerprint density at radius 1 is 1.21 bits per heavy atom. The SMILES string of the molecule is CS(=O)(=O)c1ccc(CNC(=O)c2cc(N)c(C#N)c(-c3cncnc3)n2)cc1. The summed E-state index contributed by atoms with van der Waals surface area (Å²) in [5.41, 5.74) is 7.60. The van der Waals surface area contributed by atoms with Gasteiger partial charge in [-0.1, -0.05) is 12.1 Å². The van der Waals surface area contributed by atoms with E-state index in [-0.39, 0.29) is 34.1 Å². The molecule has 0 fully saturated rings. The maximum atomic E-state index is 12.5. The third-order valence-corrected chi connectivity index (χ3v) is 5.16. The minimum atomic E-state index is -3.28. The van der Waals surface area contributed by atoms with Crippen LogP contribution in [0, 0.1) is 11.3 Å².